The molecule has 0 N–H and O–H groups in total. The van der Waals surface area contributed by atoms with E-state index in [-0.39, 0.29) is 22.9 Å². The SMILES string of the molecule is CCc1cc(C(F)(F)F)cc(C(F)(F)F)c1SC. The Morgan fingerprint density at radius 3 is 1.89 bits per heavy atom. The predicted octanol–water partition coefficient (Wildman–Crippen LogP) is 5.01. The second-order valence-electron chi connectivity index (χ2n) is 3.57. The molecule has 0 aliphatic heterocycles. The van der Waals surface area contributed by atoms with Gasteiger partial charge in [0.2, 0.25) is 0 Å². The van der Waals surface area contributed by atoms with Crippen molar-refractivity contribution in [2.24, 2.45) is 0 Å². The van der Waals surface area contributed by atoms with Crippen molar-refractivity contribution in [3.8, 4) is 0 Å². The highest BCUT2D eigenvalue weighted by atomic mass is 32.2. The van der Waals surface area contributed by atoms with E-state index < -0.39 is 23.5 Å². The van der Waals surface area contributed by atoms with E-state index in [1.165, 1.54) is 13.2 Å². The lowest BCUT2D eigenvalue weighted by Crippen LogP contribution is -2.13. The maximum atomic E-state index is 12.7. The van der Waals surface area contributed by atoms with Gasteiger partial charge >= 0.3 is 12.4 Å². The van der Waals surface area contributed by atoms with Crippen molar-refractivity contribution in [2.75, 3.05) is 6.26 Å². The molecule has 0 saturated heterocycles. The molecule has 0 atom stereocenters. The summed E-state index contributed by atoms with van der Waals surface area (Å²) in [5.74, 6) is 0. The molecule has 1 aromatic rings. The van der Waals surface area contributed by atoms with Crippen molar-refractivity contribution in [3.63, 3.8) is 0 Å². The Bertz CT molecular complexity index is 432. The molecule has 1 rings (SSSR count). The van der Waals surface area contributed by atoms with Gasteiger partial charge in [0.1, 0.15) is 0 Å². The summed E-state index contributed by atoms with van der Waals surface area (Å²) >= 11 is 0.805. The molecule has 0 heterocycles. The smallest absolute Gasteiger partial charge is 0.166 e. The number of rotatable bonds is 2. The molecule has 0 bridgehead atoms. The number of thioether (sulfide) groups is 1. The molecule has 102 valence electrons. The quantitative estimate of drug-likeness (QED) is 0.544. The zero-order valence-electron chi connectivity index (χ0n) is 9.54. The van der Waals surface area contributed by atoms with Gasteiger partial charge in [-0.25, -0.2) is 0 Å². The van der Waals surface area contributed by atoms with Crippen LogP contribution in [0.5, 0.6) is 0 Å². The minimum absolute atomic E-state index is 0.0599. The monoisotopic (exact) mass is 288 g/mol. The Morgan fingerprint density at radius 2 is 1.56 bits per heavy atom. The maximum Gasteiger partial charge on any atom is 0.417 e. The molecule has 0 amide bonds. The van der Waals surface area contributed by atoms with E-state index >= 15 is 0 Å². The minimum Gasteiger partial charge on any atom is -0.166 e. The zero-order chi connectivity index (χ0) is 14.1. The Kier molecular flexibility index (Phi) is 4.25. The van der Waals surface area contributed by atoms with Crippen LogP contribution in [-0.2, 0) is 18.8 Å². The minimum atomic E-state index is -4.79. The fraction of sp³-hybridized carbons (Fsp3) is 0.455. The molecule has 0 nitrogen and oxygen atoms in total. The number of aryl methyl sites for hydroxylation is 1. The molecular formula is C11H10F6S. The standard InChI is InChI=1S/C11H10F6S/c1-3-6-4-7(10(12,13)14)5-8(9(6)18-2)11(15,16)17/h4-5H,3H2,1-2H3. The Labute approximate surface area is 104 Å². The van der Waals surface area contributed by atoms with Crippen LogP contribution in [0.4, 0.5) is 26.3 Å². The summed E-state index contributed by atoms with van der Waals surface area (Å²) in [4.78, 5) is -0.141. The fourth-order valence-electron chi connectivity index (χ4n) is 1.57. The van der Waals surface area contributed by atoms with Gasteiger partial charge in [-0.3, -0.25) is 0 Å². The number of halogens is 6. The van der Waals surface area contributed by atoms with Crippen LogP contribution in [0.15, 0.2) is 17.0 Å². The van der Waals surface area contributed by atoms with Gasteiger partial charge in [0.25, 0.3) is 0 Å². The molecule has 0 aromatic heterocycles. The first-order valence-electron chi connectivity index (χ1n) is 4.96. The van der Waals surface area contributed by atoms with E-state index in [0.29, 0.717) is 0 Å². The molecule has 7 heteroatoms. The van der Waals surface area contributed by atoms with E-state index in [2.05, 4.69) is 0 Å². The van der Waals surface area contributed by atoms with Gasteiger partial charge in [0.15, 0.2) is 0 Å². The summed E-state index contributed by atoms with van der Waals surface area (Å²) in [6, 6.07) is 0.950. The van der Waals surface area contributed by atoms with Crippen molar-refractivity contribution in [3.05, 3.63) is 28.8 Å². The summed E-state index contributed by atoms with van der Waals surface area (Å²) in [5.41, 5.74) is -2.42. The molecule has 0 spiro atoms. The lowest BCUT2D eigenvalue weighted by Gasteiger charge is -2.18. The highest BCUT2D eigenvalue weighted by molar-refractivity contribution is 7.98. The van der Waals surface area contributed by atoms with Crippen LogP contribution >= 0.6 is 11.8 Å². The second kappa shape index (κ2) is 5.03. The number of hydrogen-bond acceptors (Lipinski definition) is 1. The fourth-order valence-corrected chi connectivity index (χ4v) is 2.43. The van der Waals surface area contributed by atoms with Crippen LogP contribution in [0, 0.1) is 0 Å². The third-order valence-corrected chi connectivity index (χ3v) is 3.27. The molecule has 0 radical (unpaired) electrons. The lowest BCUT2D eigenvalue weighted by molar-refractivity contribution is -0.144. The Morgan fingerprint density at radius 1 is 1.00 bits per heavy atom. The highest BCUT2D eigenvalue weighted by Crippen LogP contribution is 2.42. The van der Waals surface area contributed by atoms with Gasteiger partial charge in [-0.2, -0.15) is 26.3 Å². The van der Waals surface area contributed by atoms with Crippen molar-refractivity contribution < 1.29 is 26.3 Å². The Hall–Kier alpha value is -0.850. The molecular weight excluding hydrogens is 278 g/mol. The third-order valence-electron chi connectivity index (χ3n) is 2.38. The van der Waals surface area contributed by atoms with Crippen LogP contribution in [0.2, 0.25) is 0 Å². The second-order valence-corrected chi connectivity index (χ2v) is 4.38. The van der Waals surface area contributed by atoms with Gasteiger partial charge in [-0.1, -0.05) is 6.92 Å². The summed E-state index contributed by atoms with van der Waals surface area (Å²) in [6.07, 6.45) is -8.04. The molecule has 1 aromatic carbocycles. The first-order chi connectivity index (χ1) is 8.11. The molecule has 0 unspecified atom stereocenters. The van der Waals surface area contributed by atoms with E-state index in [4.69, 9.17) is 0 Å². The predicted molar refractivity (Wildman–Crippen MR) is 57.6 cm³/mol. The van der Waals surface area contributed by atoms with Crippen LogP contribution in [-0.4, -0.2) is 6.26 Å². The summed E-state index contributed by atoms with van der Waals surface area (Å²) in [7, 11) is 0. The van der Waals surface area contributed by atoms with E-state index in [1.807, 2.05) is 0 Å². The summed E-state index contributed by atoms with van der Waals surface area (Å²) in [5, 5.41) is 0. The average molecular weight is 288 g/mol. The average Bonchev–Trinajstić information content (AvgIpc) is 2.24. The molecule has 0 aliphatic rings. The largest absolute Gasteiger partial charge is 0.417 e. The van der Waals surface area contributed by atoms with Crippen molar-refractivity contribution in [2.45, 2.75) is 30.6 Å². The van der Waals surface area contributed by atoms with Crippen molar-refractivity contribution in [1.82, 2.24) is 0 Å². The van der Waals surface area contributed by atoms with Gasteiger partial charge in [-0.05, 0) is 30.4 Å². The van der Waals surface area contributed by atoms with E-state index in [1.54, 1.807) is 0 Å². The van der Waals surface area contributed by atoms with Crippen molar-refractivity contribution in [1.29, 1.82) is 0 Å². The third kappa shape index (κ3) is 3.13. The summed E-state index contributed by atoms with van der Waals surface area (Å²) in [6.45, 7) is 1.52. The summed E-state index contributed by atoms with van der Waals surface area (Å²) < 4.78 is 75.8. The first-order valence-corrected chi connectivity index (χ1v) is 6.19. The number of alkyl halides is 6. The van der Waals surface area contributed by atoms with E-state index in [9.17, 15) is 26.3 Å². The zero-order valence-corrected chi connectivity index (χ0v) is 10.4. The highest BCUT2D eigenvalue weighted by Gasteiger charge is 2.39. The lowest BCUT2D eigenvalue weighted by atomic mass is 10.0. The number of benzene rings is 1. The van der Waals surface area contributed by atoms with Gasteiger partial charge in [0, 0.05) is 4.90 Å². The van der Waals surface area contributed by atoms with Gasteiger partial charge in [-0.15, -0.1) is 11.8 Å². The van der Waals surface area contributed by atoms with Crippen LogP contribution in [0.3, 0.4) is 0 Å². The van der Waals surface area contributed by atoms with E-state index in [0.717, 1.165) is 17.8 Å². The van der Waals surface area contributed by atoms with Crippen molar-refractivity contribution >= 4 is 11.8 Å². The molecule has 0 saturated carbocycles. The van der Waals surface area contributed by atoms with Gasteiger partial charge < -0.3 is 0 Å². The molecule has 0 aliphatic carbocycles. The molecule has 0 fully saturated rings. The Balaban J connectivity index is 3.57. The number of hydrogen-bond donors (Lipinski definition) is 0. The van der Waals surface area contributed by atoms with Gasteiger partial charge in [0.05, 0.1) is 11.1 Å². The topological polar surface area (TPSA) is 0 Å². The maximum absolute atomic E-state index is 12.7. The van der Waals surface area contributed by atoms with Crippen LogP contribution in [0.25, 0.3) is 0 Å². The van der Waals surface area contributed by atoms with Crippen LogP contribution in [0.1, 0.15) is 23.6 Å². The first kappa shape index (κ1) is 15.2. The van der Waals surface area contributed by atoms with Crippen LogP contribution < -0.4 is 0 Å². The normalized spacial score (nSPS) is 12.9. The molecule has 18 heavy (non-hydrogen) atoms.